The van der Waals surface area contributed by atoms with E-state index in [1.165, 1.54) is 0 Å². The van der Waals surface area contributed by atoms with Crippen molar-refractivity contribution in [2.75, 3.05) is 6.54 Å². The van der Waals surface area contributed by atoms with E-state index in [2.05, 4.69) is 18.8 Å². The summed E-state index contributed by atoms with van der Waals surface area (Å²) >= 11 is 0. The molecule has 3 aromatic rings. The van der Waals surface area contributed by atoms with Crippen molar-refractivity contribution in [2.45, 2.75) is 50.7 Å². The van der Waals surface area contributed by atoms with Gasteiger partial charge in [-0.1, -0.05) is 62.4 Å². The highest BCUT2D eigenvalue weighted by molar-refractivity contribution is 7.90. The number of imidazole rings is 1. The van der Waals surface area contributed by atoms with Gasteiger partial charge in [0.2, 0.25) is 15.0 Å². The van der Waals surface area contributed by atoms with E-state index >= 15 is 0 Å². The molecule has 0 unspecified atom stereocenters. The van der Waals surface area contributed by atoms with E-state index in [4.69, 9.17) is 0 Å². The number of benzene rings is 2. The molecule has 0 atom stereocenters. The topological polar surface area (TPSA) is 72.3 Å². The molecule has 174 valence electrons. The van der Waals surface area contributed by atoms with E-state index in [0.717, 1.165) is 24.1 Å². The van der Waals surface area contributed by atoms with Crippen LogP contribution in [0.15, 0.2) is 72.0 Å². The molecule has 1 fully saturated rings. The maximum absolute atomic E-state index is 13.3. The number of amides is 1. The second kappa shape index (κ2) is 9.91. The highest BCUT2D eigenvalue weighted by Crippen LogP contribution is 2.31. The van der Waals surface area contributed by atoms with Crippen LogP contribution in [-0.4, -0.2) is 35.3 Å². The average molecular weight is 466 g/mol. The van der Waals surface area contributed by atoms with Crippen LogP contribution in [0.5, 0.6) is 0 Å². The molecule has 1 aliphatic carbocycles. The Morgan fingerprint density at radius 3 is 2.30 bits per heavy atom. The maximum Gasteiger partial charge on any atom is 0.254 e. The summed E-state index contributed by atoms with van der Waals surface area (Å²) in [5.74, 6) is 0.608. The van der Waals surface area contributed by atoms with Crippen LogP contribution in [0.4, 0.5) is 0 Å². The molecular formula is C26H31N3O3S. The normalized spacial score (nSPS) is 13.9. The molecule has 7 heteroatoms. The summed E-state index contributed by atoms with van der Waals surface area (Å²) in [6.45, 7) is 5.63. The SMILES string of the molecule is CC(C)Cn1c(CN(CC2CC2)C(=O)c2ccccc2)cnc1S(=O)(=O)Cc1ccccc1. The van der Waals surface area contributed by atoms with Gasteiger partial charge in [-0.2, -0.15) is 0 Å². The Balaban J connectivity index is 1.64. The molecule has 33 heavy (non-hydrogen) atoms. The van der Waals surface area contributed by atoms with Gasteiger partial charge in [-0.3, -0.25) is 4.79 Å². The molecule has 0 saturated heterocycles. The number of hydrogen-bond acceptors (Lipinski definition) is 4. The summed E-state index contributed by atoms with van der Waals surface area (Å²) < 4.78 is 28.4. The van der Waals surface area contributed by atoms with E-state index in [1.807, 2.05) is 65.6 Å². The highest BCUT2D eigenvalue weighted by atomic mass is 32.2. The molecule has 1 aliphatic rings. The van der Waals surface area contributed by atoms with Crippen molar-refractivity contribution in [3.8, 4) is 0 Å². The lowest BCUT2D eigenvalue weighted by Gasteiger charge is -2.24. The third-order valence-corrected chi connectivity index (χ3v) is 7.36. The largest absolute Gasteiger partial charge is 0.332 e. The Bertz CT molecular complexity index is 1180. The zero-order chi connectivity index (χ0) is 23.4. The van der Waals surface area contributed by atoms with Gasteiger partial charge in [0, 0.05) is 18.7 Å². The van der Waals surface area contributed by atoms with Gasteiger partial charge in [0.25, 0.3) is 5.91 Å². The van der Waals surface area contributed by atoms with Crippen molar-refractivity contribution < 1.29 is 13.2 Å². The van der Waals surface area contributed by atoms with Gasteiger partial charge in [-0.15, -0.1) is 0 Å². The standard InChI is InChI=1S/C26H31N3O3S/c1-20(2)16-29-24(15-27-26(29)33(31,32)19-22-9-5-3-6-10-22)18-28(17-21-13-14-21)25(30)23-11-7-4-8-12-23/h3-12,15,20-21H,13-14,16-19H2,1-2H3. The van der Waals surface area contributed by atoms with Gasteiger partial charge in [0.1, 0.15) is 0 Å². The fraction of sp³-hybridized carbons (Fsp3) is 0.385. The first-order valence-corrected chi connectivity index (χ1v) is 13.1. The van der Waals surface area contributed by atoms with Crippen LogP contribution in [0.2, 0.25) is 0 Å². The fourth-order valence-electron chi connectivity index (χ4n) is 3.98. The Labute approximate surface area is 196 Å². The number of nitrogens with zero attached hydrogens (tertiary/aromatic N) is 3. The Morgan fingerprint density at radius 2 is 1.70 bits per heavy atom. The van der Waals surface area contributed by atoms with E-state index in [-0.39, 0.29) is 22.7 Å². The molecule has 0 aliphatic heterocycles. The van der Waals surface area contributed by atoms with Crippen LogP contribution < -0.4 is 0 Å². The Kier molecular flexibility index (Phi) is 6.98. The average Bonchev–Trinajstić information content (AvgIpc) is 3.53. The molecule has 1 aromatic heterocycles. The number of carbonyl (C=O) groups is 1. The molecule has 4 rings (SSSR count). The van der Waals surface area contributed by atoms with E-state index in [1.54, 1.807) is 10.8 Å². The molecule has 0 radical (unpaired) electrons. The lowest BCUT2D eigenvalue weighted by Crippen LogP contribution is -2.33. The predicted octanol–water partition coefficient (Wildman–Crippen LogP) is 4.57. The summed E-state index contributed by atoms with van der Waals surface area (Å²) in [6, 6.07) is 18.4. The minimum Gasteiger partial charge on any atom is -0.332 e. The van der Waals surface area contributed by atoms with Crippen molar-refractivity contribution in [3.05, 3.63) is 83.7 Å². The summed E-state index contributed by atoms with van der Waals surface area (Å²) in [7, 11) is -3.64. The van der Waals surface area contributed by atoms with Gasteiger partial charge in [0.05, 0.1) is 24.2 Å². The zero-order valence-electron chi connectivity index (χ0n) is 19.2. The summed E-state index contributed by atoms with van der Waals surface area (Å²) in [5.41, 5.74) is 2.12. The molecule has 2 aromatic carbocycles. The van der Waals surface area contributed by atoms with Gasteiger partial charge in [-0.25, -0.2) is 13.4 Å². The molecule has 1 heterocycles. The maximum atomic E-state index is 13.3. The molecule has 0 bridgehead atoms. The first kappa shape index (κ1) is 23.2. The first-order valence-electron chi connectivity index (χ1n) is 11.5. The van der Waals surface area contributed by atoms with Crippen molar-refractivity contribution in [1.29, 1.82) is 0 Å². The van der Waals surface area contributed by atoms with Crippen LogP contribution >= 0.6 is 0 Å². The lowest BCUT2D eigenvalue weighted by atomic mass is 10.2. The molecule has 6 nitrogen and oxygen atoms in total. The third-order valence-electron chi connectivity index (χ3n) is 5.76. The quantitative estimate of drug-likeness (QED) is 0.440. The van der Waals surface area contributed by atoms with Crippen molar-refractivity contribution in [3.63, 3.8) is 0 Å². The summed E-state index contributed by atoms with van der Waals surface area (Å²) in [6.07, 6.45) is 3.87. The number of aromatic nitrogens is 2. The van der Waals surface area contributed by atoms with Gasteiger partial charge in [0.15, 0.2) is 0 Å². The molecular weight excluding hydrogens is 434 g/mol. The fourth-order valence-corrected chi connectivity index (χ4v) is 5.48. The molecule has 1 saturated carbocycles. The minimum absolute atomic E-state index is 0.0338. The van der Waals surface area contributed by atoms with Crippen molar-refractivity contribution in [2.24, 2.45) is 11.8 Å². The molecule has 1 amide bonds. The molecule has 0 spiro atoms. The Hall–Kier alpha value is -2.93. The monoisotopic (exact) mass is 465 g/mol. The smallest absolute Gasteiger partial charge is 0.254 e. The van der Waals surface area contributed by atoms with E-state index < -0.39 is 9.84 Å². The number of sulfone groups is 1. The lowest BCUT2D eigenvalue weighted by molar-refractivity contribution is 0.0730. The minimum atomic E-state index is -3.64. The van der Waals surface area contributed by atoms with Gasteiger partial charge >= 0.3 is 0 Å². The Morgan fingerprint density at radius 1 is 1.06 bits per heavy atom. The van der Waals surface area contributed by atoms with E-state index in [9.17, 15) is 13.2 Å². The van der Waals surface area contributed by atoms with Crippen molar-refractivity contribution in [1.82, 2.24) is 14.5 Å². The van der Waals surface area contributed by atoms with Crippen LogP contribution in [0.1, 0.15) is 48.3 Å². The van der Waals surface area contributed by atoms with Crippen LogP contribution in [0.3, 0.4) is 0 Å². The predicted molar refractivity (Wildman–Crippen MR) is 128 cm³/mol. The number of hydrogen-bond donors (Lipinski definition) is 0. The zero-order valence-corrected chi connectivity index (χ0v) is 20.0. The number of carbonyl (C=O) groups excluding carboxylic acids is 1. The van der Waals surface area contributed by atoms with Crippen LogP contribution in [-0.2, 0) is 28.7 Å². The van der Waals surface area contributed by atoms with E-state index in [0.29, 0.717) is 31.1 Å². The van der Waals surface area contributed by atoms with Gasteiger partial charge in [-0.05, 0) is 42.4 Å². The highest BCUT2D eigenvalue weighted by Gasteiger charge is 2.30. The second-order valence-corrected chi connectivity index (χ2v) is 11.2. The summed E-state index contributed by atoms with van der Waals surface area (Å²) in [5, 5.41) is 0.0774. The first-order chi connectivity index (χ1) is 15.8. The number of rotatable bonds is 10. The van der Waals surface area contributed by atoms with Crippen LogP contribution in [0.25, 0.3) is 0 Å². The second-order valence-electron chi connectivity index (χ2n) is 9.28. The van der Waals surface area contributed by atoms with Crippen LogP contribution in [0, 0.1) is 11.8 Å². The van der Waals surface area contributed by atoms with Crippen molar-refractivity contribution >= 4 is 15.7 Å². The van der Waals surface area contributed by atoms with Gasteiger partial charge < -0.3 is 9.47 Å². The summed E-state index contributed by atoms with van der Waals surface area (Å²) in [4.78, 5) is 19.5. The third kappa shape index (κ3) is 5.90. The molecule has 0 N–H and O–H groups in total.